The first-order chi connectivity index (χ1) is 12.3. The molecule has 3 rings (SSSR count). The summed E-state index contributed by atoms with van der Waals surface area (Å²) in [6.45, 7) is 8.00. The van der Waals surface area contributed by atoms with Crippen molar-refractivity contribution in [3.8, 4) is 0 Å². The predicted octanol–water partition coefficient (Wildman–Crippen LogP) is 2.34. The van der Waals surface area contributed by atoms with E-state index in [1.165, 1.54) is 0 Å². The molecule has 2 aliphatic rings. The summed E-state index contributed by atoms with van der Waals surface area (Å²) >= 11 is 0. The van der Waals surface area contributed by atoms with E-state index >= 15 is 0 Å². The number of piperidine rings is 2. The second-order valence-corrected chi connectivity index (χ2v) is 9.34. The highest BCUT2D eigenvalue weighted by Gasteiger charge is 2.36. The SMILES string of the molecule is CCC(=O)N1CCC(C2CCN(S(=O)(=O)c3c(C)noc3C)CC2)CC1. The highest BCUT2D eigenvalue weighted by molar-refractivity contribution is 7.89. The zero-order valence-electron chi connectivity index (χ0n) is 15.9. The molecule has 3 heterocycles. The molecule has 146 valence electrons. The molecule has 2 saturated heterocycles. The normalized spacial score (nSPS) is 21.3. The van der Waals surface area contributed by atoms with Crippen molar-refractivity contribution in [1.82, 2.24) is 14.4 Å². The third-order valence-corrected chi connectivity index (χ3v) is 8.07. The average Bonchev–Trinajstić information content (AvgIpc) is 3.00. The van der Waals surface area contributed by atoms with Gasteiger partial charge in [0.15, 0.2) is 5.76 Å². The van der Waals surface area contributed by atoms with Crippen molar-refractivity contribution >= 4 is 15.9 Å². The molecule has 8 heteroatoms. The molecule has 2 fully saturated rings. The van der Waals surface area contributed by atoms with E-state index in [1.54, 1.807) is 18.2 Å². The summed E-state index contributed by atoms with van der Waals surface area (Å²) in [5.74, 6) is 1.74. The standard InChI is InChI=1S/C18H29N3O4S/c1-4-17(22)20-9-5-15(6-10-20)16-7-11-21(12-8-16)26(23,24)18-13(2)19-25-14(18)3/h15-16H,4-12H2,1-3H3. The fourth-order valence-corrected chi connectivity index (χ4v) is 6.16. The monoisotopic (exact) mass is 383 g/mol. The van der Waals surface area contributed by atoms with Crippen molar-refractivity contribution in [2.75, 3.05) is 26.2 Å². The number of carbonyl (C=O) groups is 1. The largest absolute Gasteiger partial charge is 0.360 e. The first-order valence-corrected chi connectivity index (χ1v) is 11.0. The predicted molar refractivity (Wildman–Crippen MR) is 97.1 cm³/mol. The molecule has 0 radical (unpaired) electrons. The molecule has 0 aromatic carbocycles. The molecule has 0 unspecified atom stereocenters. The molecule has 0 bridgehead atoms. The van der Waals surface area contributed by atoms with Crippen LogP contribution in [0.5, 0.6) is 0 Å². The van der Waals surface area contributed by atoms with Crippen molar-refractivity contribution in [2.45, 2.75) is 57.8 Å². The van der Waals surface area contributed by atoms with E-state index < -0.39 is 10.0 Å². The summed E-state index contributed by atoms with van der Waals surface area (Å²) in [4.78, 5) is 14.0. The van der Waals surface area contributed by atoms with Crippen molar-refractivity contribution in [1.29, 1.82) is 0 Å². The number of hydrogen-bond donors (Lipinski definition) is 0. The third-order valence-electron chi connectivity index (χ3n) is 5.93. The number of amides is 1. The minimum Gasteiger partial charge on any atom is -0.360 e. The fraction of sp³-hybridized carbons (Fsp3) is 0.778. The molecule has 1 amide bonds. The number of aromatic nitrogens is 1. The first kappa shape index (κ1) is 19.4. The Kier molecular flexibility index (Phi) is 5.72. The van der Waals surface area contributed by atoms with E-state index in [0.717, 1.165) is 38.8 Å². The minimum atomic E-state index is -3.53. The molecule has 1 aromatic heterocycles. The lowest BCUT2D eigenvalue weighted by atomic mass is 9.79. The summed E-state index contributed by atoms with van der Waals surface area (Å²) in [6, 6.07) is 0. The van der Waals surface area contributed by atoms with Crippen LogP contribution in [0.25, 0.3) is 0 Å². The Morgan fingerprint density at radius 1 is 1.08 bits per heavy atom. The fourth-order valence-electron chi connectivity index (χ4n) is 4.40. The van der Waals surface area contributed by atoms with Crippen LogP contribution in [0, 0.1) is 25.7 Å². The highest BCUT2D eigenvalue weighted by Crippen LogP contribution is 2.35. The Balaban J connectivity index is 1.57. The summed E-state index contributed by atoms with van der Waals surface area (Å²) in [5.41, 5.74) is 0.428. The molecular formula is C18H29N3O4S. The number of carbonyl (C=O) groups excluding carboxylic acids is 1. The van der Waals surface area contributed by atoms with Crippen LogP contribution in [0.4, 0.5) is 0 Å². The molecule has 26 heavy (non-hydrogen) atoms. The first-order valence-electron chi connectivity index (χ1n) is 9.55. The van der Waals surface area contributed by atoms with Gasteiger partial charge in [0.05, 0.1) is 0 Å². The van der Waals surface area contributed by atoms with Gasteiger partial charge in [0.25, 0.3) is 0 Å². The molecule has 0 N–H and O–H groups in total. The maximum atomic E-state index is 12.9. The zero-order valence-corrected chi connectivity index (χ0v) is 16.7. The number of likely N-dealkylation sites (tertiary alicyclic amines) is 1. The molecule has 0 atom stereocenters. The van der Waals surface area contributed by atoms with Crippen LogP contribution >= 0.6 is 0 Å². The van der Waals surface area contributed by atoms with Gasteiger partial charge in [0.1, 0.15) is 10.6 Å². The van der Waals surface area contributed by atoms with Crippen LogP contribution in [-0.2, 0) is 14.8 Å². The Bertz CT molecular complexity index is 723. The molecular weight excluding hydrogens is 354 g/mol. The lowest BCUT2D eigenvalue weighted by molar-refractivity contribution is -0.132. The topological polar surface area (TPSA) is 83.7 Å². The van der Waals surface area contributed by atoms with Gasteiger partial charge in [-0.15, -0.1) is 0 Å². The van der Waals surface area contributed by atoms with Gasteiger partial charge in [0, 0.05) is 32.6 Å². The van der Waals surface area contributed by atoms with Gasteiger partial charge in [-0.25, -0.2) is 8.42 Å². The van der Waals surface area contributed by atoms with E-state index in [0.29, 0.717) is 42.8 Å². The van der Waals surface area contributed by atoms with Gasteiger partial charge >= 0.3 is 0 Å². The van der Waals surface area contributed by atoms with Gasteiger partial charge in [-0.3, -0.25) is 4.79 Å². The molecule has 0 spiro atoms. The van der Waals surface area contributed by atoms with E-state index in [1.807, 2.05) is 11.8 Å². The van der Waals surface area contributed by atoms with Crippen molar-refractivity contribution < 1.29 is 17.7 Å². The van der Waals surface area contributed by atoms with E-state index in [4.69, 9.17) is 4.52 Å². The molecule has 0 aliphatic carbocycles. The second-order valence-electron chi connectivity index (χ2n) is 7.47. The highest BCUT2D eigenvalue weighted by atomic mass is 32.2. The summed E-state index contributed by atoms with van der Waals surface area (Å²) < 4.78 is 32.4. The smallest absolute Gasteiger partial charge is 0.248 e. The van der Waals surface area contributed by atoms with Crippen molar-refractivity contribution in [3.05, 3.63) is 11.5 Å². The Morgan fingerprint density at radius 3 is 2.08 bits per heavy atom. The van der Waals surface area contributed by atoms with Gasteiger partial charge in [-0.05, 0) is 51.4 Å². The van der Waals surface area contributed by atoms with Crippen LogP contribution in [-0.4, -0.2) is 54.9 Å². The average molecular weight is 384 g/mol. The molecule has 0 saturated carbocycles. The second kappa shape index (κ2) is 7.68. The van der Waals surface area contributed by atoms with Gasteiger partial charge in [-0.2, -0.15) is 4.31 Å². The zero-order chi connectivity index (χ0) is 18.9. The van der Waals surface area contributed by atoms with Crippen LogP contribution < -0.4 is 0 Å². The molecule has 1 aromatic rings. The van der Waals surface area contributed by atoms with Crippen molar-refractivity contribution in [3.63, 3.8) is 0 Å². The molecule has 2 aliphatic heterocycles. The maximum absolute atomic E-state index is 12.9. The number of rotatable bonds is 4. The van der Waals surface area contributed by atoms with Gasteiger partial charge < -0.3 is 9.42 Å². The number of nitrogens with zero attached hydrogens (tertiary/aromatic N) is 3. The van der Waals surface area contributed by atoms with E-state index in [-0.39, 0.29) is 10.8 Å². The van der Waals surface area contributed by atoms with Gasteiger partial charge in [-0.1, -0.05) is 12.1 Å². The van der Waals surface area contributed by atoms with Crippen LogP contribution in [0.15, 0.2) is 9.42 Å². The Hall–Kier alpha value is -1.41. The third kappa shape index (κ3) is 3.67. The number of aryl methyl sites for hydroxylation is 2. The summed E-state index contributed by atoms with van der Waals surface area (Å²) in [7, 11) is -3.53. The Labute approximate surface area is 155 Å². The van der Waals surface area contributed by atoms with Crippen LogP contribution in [0.2, 0.25) is 0 Å². The van der Waals surface area contributed by atoms with Crippen molar-refractivity contribution in [2.24, 2.45) is 11.8 Å². The number of hydrogen-bond acceptors (Lipinski definition) is 5. The lowest BCUT2D eigenvalue weighted by Crippen LogP contribution is -2.44. The quantitative estimate of drug-likeness (QED) is 0.797. The van der Waals surface area contributed by atoms with E-state index in [2.05, 4.69) is 5.16 Å². The number of sulfonamides is 1. The molecule has 7 nitrogen and oxygen atoms in total. The maximum Gasteiger partial charge on any atom is 0.248 e. The summed E-state index contributed by atoms with van der Waals surface area (Å²) in [5, 5.41) is 3.78. The van der Waals surface area contributed by atoms with Crippen LogP contribution in [0.3, 0.4) is 0 Å². The lowest BCUT2D eigenvalue weighted by Gasteiger charge is -2.39. The Morgan fingerprint density at radius 2 is 1.62 bits per heavy atom. The summed E-state index contributed by atoms with van der Waals surface area (Å²) in [6.07, 6.45) is 4.41. The minimum absolute atomic E-state index is 0.224. The van der Waals surface area contributed by atoms with Crippen LogP contribution in [0.1, 0.15) is 50.5 Å². The van der Waals surface area contributed by atoms with Gasteiger partial charge in [0.2, 0.25) is 15.9 Å². The van der Waals surface area contributed by atoms with E-state index in [9.17, 15) is 13.2 Å².